The molecule has 90 valence electrons. The number of alkyl halides is 9. The highest BCUT2D eigenvalue weighted by molar-refractivity contribution is 14.3. The third-order valence-electron chi connectivity index (χ3n) is 1.32. The number of hydrogen-bond acceptors (Lipinski definition) is 1. The minimum Gasteiger partial charge on any atom is -0.301 e. The zero-order valence-electron chi connectivity index (χ0n) is 6.39. The fourth-order valence-electron chi connectivity index (χ4n) is 0.461. The molecule has 0 aromatic carbocycles. The molecule has 0 aromatic rings. The van der Waals surface area contributed by atoms with E-state index in [0.29, 0.717) is 0 Å². The lowest BCUT2D eigenvalue weighted by Gasteiger charge is -2.45. The fraction of sp³-hybridized carbons (Fsp3) is 0.800. The molecule has 0 atom stereocenters. The van der Waals surface area contributed by atoms with Crippen LogP contribution in [-0.4, -0.2) is 10.0 Å². The lowest BCUT2D eigenvalue weighted by molar-refractivity contribution is -0.107. The van der Waals surface area contributed by atoms with Gasteiger partial charge >= 0.3 is 0 Å². The van der Waals surface area contributed by atoms with Crippen molar-refractivity contribution in [2.45, 2.75) is 3.72 Å². The van der Waals surface area contributed by atoms with Crippen LogP contribution < -0.4 is 0 Å². The third kappa shape index (κ3) is 5.13. The Labute approximate surface area is 212 Å². The topological polar surface area (TPSA) is 17.1 Å². The molecular formula is C5HI9O. The van der Waals surface area contributed by atoms with Crippen molar-refractivity contribution in [2.75, 3.05) is 0 Å². The second kappa shape index (κ2) is 7.68. The van der Waals surface area contributed by atoms with Gasteiger partial charge < -0.3 is 4.79 Å². The van der Waals surface area contributed by atoms with Crippen LogP contribution in [0.1, 0.15) is 0 Å². The Morgan fingerprint density at radius 2 is 1.00 bits per heavy atom. The minimum absolute atomic E-state index is 0.0361. The van der Waals surface area contributed by atoms with E-state index in [0.717, 1.165) is 6.29 Å². The Bertz CT molecular complexity index is 252. The Morgan fingerprint density at radius 3 is 1.20 bits per heavy atom. The van der Waals surface area contributed by atoms with Crippen molar-refractivity contribution in [1.82, 2.24) is 0 Å². The van der Waals surface area contributed by atoms with Crippen LogP contribution in [-0.2, 0) is 4.79 Å². The molecule has 0 aliphatic rings. The molecule has 0 amide bonds. The van der Waals surface area contributed by atoms with Gasteiger partial charge in [-0.2, -0.15) is 0 Å². The monoisotopic (exact) mass is 1220 g/mol. The predicted molar refractivity (Wildman–Crippen MR) is 143 cm³/mol. The van der Waals surface area contributed by atoms with Crippen LogP contribution in [0.4, 0.5) is 0 Å². The molecule has 0 saturated heterocycles. The first-order chi connectivity index (χ1) is 6.31. The average molecular weight is 1220 g/mol. The summed E-state index contributed by atoms with van der Waals surface area (Å²) in [5, 5.41) is 0. The minimum atomic E-state index is -0.418. The number of hydrogen-bond donors (Lipinski definition) is 0. The van der Waals surface area contributed by atoms with Crippen LogP contribution in [0.2, 0.25) is 0 Å². The standard InChI is InChI=1S/C5HI9O/c6-2(7,1-15)3(8,9)4(10,11)5(12,13)14/h1H. The highest BCUT2D eigenvalue weighted by Crippen LogP contribution is 2.69. The molecule has 0 saturated carbocycles. The second-order valence-electron chi connectivity index (χ2n) is 2.39. The lowest BCUT2D eigenvalue weighted by Crippen LogP contribution is -2.53. The molecule has 0 N–H and O–H groups in total. The maximum Gasteiger partial charge on any atom is 0.154 e. The van der Waals surface area contributed by atoms with Crippen LogP contribution >= 0.6 is 203 Å². The van der Waals surface area contributed by atoms with E-state index in [9.17, 15) is 4.79 Å². The number of rotatable bonds is 4. The van der Waals surface area contributed by atoms with Gasteiger partial charge in [-0.05, 0) is 0 Å². The van der Waals surface area contributed by atoms with Gasteiger partial charge in [-0.3, -0.25) is 0 Å². The predicted octanol–water partition coefficient (Wildman–Crippen LogP) is 6.84. The Morgan fingerprint density at radius 1 is 0.667 bits per heavy atom. The summed E-state index contributed by atoms with van der Waals surface area (Å²) in [6.07, 6.45) is 1.04. The van der Waals surface area contributed by atoms with E-state index < -0.39 is 1.43 Å². The Kier molecular flexibility index (Phi) is 10.9. The first-order valence-corrected chi connectivity index (χ1v) is 12.7. The van der Waals surface area contributed by atoms with Gasteiger partial charge in [0, 0.05) is 0 Å². The SMILES string of the molecule is O=CC(I)(I)C(I)(I)C(I)(I)C(I)(I)I. The zero-order chi connectivity index (χ0) is 12.7. The summed E-state index contributed by atoms with van der Waals surface area (Å²) in [4.78, 5) is 11.2. The molecule has 0 radical (unpaired) electrons. The van der Waals surface area contributed by atoms with Gasteiger partial charge in [0.1, 0.15) is 8.58 Å². The maximum atomic E-state index is 11.2. The van der Waals surface area contributed by atoms with E-state index in [1.165, 1.54) is 0 Å². The molecule has 0 spiro atoms. The molecule has 0 aliphatic heterocycles. The summed E-state index contributed by atoms with van der Waals surface area (Å²) in [5.41, 5.74) is 0. The zero-order valence-corrected chi connectivity index (χ0v) is 25.8. The van der Waals surface area contributed by atoms with E-state index in [2.05, 4.69) is 203 Å². The molecular weight excluding hydrogens is 1220 g/mol. The van der Waals surface area contributed by atoms with E-state index in [1.807, 2.05) is 0 Å². The quantitative estimate of drug-likeness (QED) is 0.172. The van der Waals surface area contributed by atoms with Gasteiger partial charge in [0.15, 0.2) is 1.43 Å². The van der Waals surface area contributed by atoms with Crippen LogP contribution in [0.5, 0.6) is 0 Å². The van der Waals surface area contributed by atoms with Gasteiger partial charge in [0.05, 0.1) is 0 Å². The van der Waals surface area contributed by atoms with Crippen molar-refractivity contribution < 1.29 is 4.79 Å². The molecule has 0 unspecified atom stereocenters. The van der Waals surface area contributed by atoms with Crippen molar-refractivity contribution in [3.8, 4) is 0 Å². The van der Waals surface area contributed by atoms with Crippen molar-refractivity contribution in [2.24, 2.45) is 0 Å². The lowest BCUT2D eigenvalue weighted by atomic mass is 10.3. The molecule has 0 aliphatic carbocycles. The largest absolute Gasteiger partial charge is 0.301 e. The summed E-state index contributed by atoms with van der Waals surface area (Å²) >= 11 is 21.4. The van der Waals surface area contributed by atoms with Gasteiger partial charge in [-0.1, -0.05) is 203 Å². The van der Waals surface area contributed by atoms with E-state index in [1.54, 1.807) is 0 Å². The molecule has 0 bridgehead atoms. The average Bonchev–Trinajstić information content (AvgIpc) is 2.01. The molecule has 0 fully saturated rings. The van der Waals surface area contributed by atoms with E-state index in [-0.39, 0.29) is 2.29 Å². The Hall–Kier alpha value is 6.24. The Balaban J connectivity index is 5.47. The first kappa shape index (κ1) is 21.2. The highest BCUT2D eigenvalue weighted by atomic mass is 127. The third-order valence-corrected chi connectivity index (χ3v) is 26.9. The van der Waals surface area contributed by atoms with Gasteiger partial charge in [-0.15, -0.1) is 0 Å². The molecule has 0 heterocycles. The van der Waals surface area contributed by atoms with Gasteiger partial charge in [-0.25, -0.2) is 0 Å². The highest BCUT2D eigenvalue weighted by Gasteiger charge is 2.64. The van der Waals surface area contributed by atoms with Crippen molar-refractivity contribution >= 4 is 210 Å². The summed E-state index contributed by atoms with van der Waals surface area (Å²) in [6, 6.07) is 0. The van der Waals surface area contributed by atoms with E-state index >= 15 is 0 Å². The second-order valence-corrected chi connectivity index (χ2v) is 29.5. The number of aldehydes is 1. The maximum absolute atomic E-state index is 11.2. The number of carbonyl (C=O) groups is 1. The van der Waals surface area contributed by atoms with Gasteiger partial charge in [0.2, 0.25) is 0 Å². The number of carbonyl (C=O) groups excluding carboxylic acids is 1. The first-order valence-electron chi connectivity index (χ1n) is 2.98. The smallest absolute Gasteiger partial charge is 0.154 e. The van der Waals surface area contributed by atoms with Gasteiger partial charge in [0.25, 0.3) is 0 Å². The van der Waals surface area contributed by atoms with E-state index in [4.69, 9.17) is 0 Å². The van der Waals surface area contributed by atoms with Crippen LogP contribution in [0.25, 0.3) is 0 Å². The van der Waals surface area contributed by atoms with Crippen molar-refractivity contribution in [3.63, 3.8) is 0 Å². The molecule has 10 heteroatoms. The van der Waals surface area contributed by atoms with Crippen LogP contribution in [0.15, 0.2) is 0 Å². The van der Waals surface area contributed by atoms with Crippen LogP contribution in [0.3, 0.4) is 0 Å². The van der Waals surface area contributed by atoms with Crippen molar-refractivity contribution in [1.29, 1.82) is 0 Å². The summed E-state index contributed by atoms with van der Waals surface area (Å²) in [7, 11) is 0. The normalized spacial score (nSPS) is 15.3. The molecule has 0 aromatic heterocycles. The molecule has 0 rings (SSSR count). The summed E-state index contributed by atoms with van der Waals surface area (Å²) in [5.74, 6) is 0. The molecule has 1 nitrogen and oxygen atoms in total. The van der Waals surface area contributed by atoms with Crippen LogP contribution in [0, 0.1) is 0 Å². The number of halogens is 9. The fourth-order valence-corrected chi connectivity index (χ4v) is 9.56. The summed E-state index contributed by atoms with van der Waals surface area (Å²) in [6.45, 7) is 0. The molecule has 15 heavy (non-hydrogen) atoms. The van der Waals surface area contributed by atoms with Crippen molar-refractivity contribution in [3.05, 3.63) is 0 Å². The summed E-state index contributed by atoms with van der Waals surface area (Å²) < 4.78 is -0.613.